The summed E-state index contributed by atoms with van der Waals surface area (Å²) in [5.74, 6) is 1.18. The van der Waals surface area contributed by atoms with Crippen LogP contribution >= 0.6 is 0 Å². The quantitative estimate of drug-likeness (QED) is 0.676. The molecule has 0 saturated carbocycles. The number of ether oxygens (including phenoxy) is 2. The standard InChI is InChI=1S/C24H22N2O3/c1-26-18-14-19(28-2)21(16-10-6-4-7-11-16)24(29-3)22(18)23(25-15-20(26)27)17-12-8-5-9-13-17/h4-14H,15H2,1-3H3. The summed E-state index contributed by atoms with van der Waals surface area (Å²) in [4.78, 5) is 18.9. The Morgan fingerprint density at radius 2 is 1.48 bits per heavy atom. The Morgan fingerprint density at radius 1 is 0.862 bits per heavy atom. The summed E-state index contributed by atoms with van der Waals surface area (Å²) in [6.07, 6.45) is 0. The van der Waals surface area contributed by atoms with Gasteiger partial charge in [-0.25, -0.2) is 0 Å². The van der Waals surface area contributed by atoms with E-state index in [0.29, 0.717) is 17.2 Å². The third-order valence-electron chi connectivity index (χ3n) is 5.10. The number of fused-ring (bicyclic) bond motifs is 1. The minimum absolute atomic E-state index is 0.0710. The van der Waals surface area contributed by atoms with Crippen molar-refractivity contribution in [1.82, 2.24) is 0 Å². The van der Waals surface area contributed by atoms with Crippen LogP contribution in [0, 0.1) is 0 Å². The van der Waals surface area contributed by atoms with E-state index in [1.54, 1.807) is 26.2 Å². The van der Waals surface area contributed by atoms with Crippen molar-refractivity contribution in [2.24, 2.45) is 4.99 Å². The first-order valence-corrected chi connectivity index (χ1v) is 9.37. The summed E-state index contributed by atoms with van der Waals surface area (Å²) in [5, 5.41) is 0. The lowest BCUT2D eigenvalue weighted by Gasteiger charge is -2.24. The van der Waals surface area contributed by atoms with Crippen molar-refractivity contribution in [3.05, 3.63) is 77.9 Å². The predicted molar refractivity (Wildman–Crippen MR) is 115 cm³/mol. The van der Waals surface area contributed by atoms with Gasteiger partial charge in [0.2, 0.25) is 5.91 Å². The van der Waals surface area contributed by atoms with Crippen molar-refractivity contribution in [2.45, 2.75) is 0 Å². The van der Waals surface area contributed by atoms with Crippen LogP contribution in [0.4, 0.5) is 5.69 Å². The molecule has 1 aliphatic heterocycles. The number of hydrogen-bond donors (Lipinski definition) is 0. The second-order valence-electron chi connectivity index (χ2n) is 6.73. The van der Waals surface area contributed by atoms with Gasteiger partial charge >= 0.3 is 0 Å². The molecule has 29 heavy (non-hydrogen) atoms. The van der Waals surface area contributed by atoms with Crippen molar-refractivity contribution in [3.63, 3.8) is 0 Å². The smallest absolute Gasteiger partial charge is 0.248 e. The van der Waals surface area contributed by atoms with Gasteiger partial charge in [-0.05, 0) is 5.56 Å². The molecule has 3 aromatic carbocycles. The fraction of sp³-hybridized carbons (Fsp3) is 0.167. The number of rotatable bonds is 4. The fourth-order valence-corrected chi connectivity index (χ4v) is 3.66. The fourth-order valence-electron chi connectivity index (χ4n) is 3.66. The van der Waals surface area contributed by atoms with E-state index in [2.05, 4.69) is 4.99 Å². The number of carbonyl (C=O) groups excluding carboxylic acids is 1. The van der Waals surface area contributed by atoms with Crippen LogP contribution in [-0.4, -0.2) is 39.4 Å². The van der Waals surface area contributed by atoms with Gasteiger partial charge in [0, 0.05) is 18.7 Å². The van der Waals surface area contributed by atoms with Crippen LogP contribution in [0.25, 0.3) is 11.1 Å². The highest BCUT2D eigenvalue weighted by Gasteiger charge is 2.30. The average molecular weight is 386 g/mol. The van der Waals surface area contributed by atoms with Gasteiger partial charge in [-0.3, -0.25) is 9.79 Å². The molecule has 146 valence electrons. The third kappa shape index (κ3) is 3.25. The molecule has 0 bridgehead atoms. The molecular formula is C24H22N2O3. The molecule has 0 unspecified atom stereocenters. The van der Waals surface area contributed by atoms with Crippen LogP contribution in [0.1, 0.15) is 11.1 Å². The number of benzodiazepines with no additional fused rings is 1. The van der Waals surface area contributed by atoms with Gasteiger partial charge in [-0.15, -0.1) is 0 Å². The number of benzene rings is 3. The molecule has 4 rings (SSSR count). The lowest BCUT2D eigenvalue weighted by atomic mass is 9.93. The summed E-state index contributed by atoms with van der Waals surface area (Å²) in [6.45, 7) is 0.0710. The number of hydrogen-bond acceptors (Lipinski definition) is 4. The summed E-state index contributed by atoms with van der Waals surface area (Å²) in [7, 11) is 5.01. The van der Waals surface area contributed by atoms with Crippen molar-refractivity contribution in [2.75, 3.05) is 32.7 Å². The third-order valence-corrected chi connectivity index (χ3v) is 5.10. The second kappa shape index (κ2) is 7.80. The number of nitrogens with zero attached hydrogens (tertiary/aromatic N) is 2. The van der Waals surface area contributed by atoms with Crippen molar-refractivity contribution in [3.8, 4) is 22.6 Å². The van der Waals surface area contributed by atoms with Crippen LogP contribution in [0.3, 0.4) is 0 Å². The average Bonchev–Trinajstić information content (AvgIpc) is 2.90. The molecule has 0 aliphatic carbocycles. The van der Waals surface area contributed by atoms with Crippen LogP contribution in [-0.2, 0) is 4.79 Å². The SMILES string of the molecule is COc1cc2c(c(OC)c1-c1ccccc1)C(c1ccccc1)=NCC(=O)N2C. The van der Waals surface area contributed by atoms with E-state index in [-0.39, 0.29) is 12.5 Å². The first-order valence-electron chi connectivity index (χ1n) is 9.37. The van der Waals surface area contributed by atoms with Gasteiger partial charge < -0.3 is 14.4 Å². The Bertz CT molecular complexity index is 1080. The molecule has 1 amide bonds. The summed E-state index contributed by atoms with van der Waals surface area (Å²) >= 11 is 0. The molecule has 0 N–H and O–H groups in total. The highest BCUT2D eigenvalue weighted by molar-refractivity contribution is 6.22. The largest absolute Gasteiger partial charge is 0.496 e. The molecule has 5 nitrogen and oxygen atoms in total. The predicted octanol–water partition coefficient (Wildman–Crippen LogP) is 4.18. The van der Waals surface area contributed by atoms with E-state index in [0.717, 1.165) is 28.0 Å². The molecule has 0 aromatic heterocycles. The van der Waals surface area contributed by atoms with Gasteiger partial charge in [0.15, 0.2) is 0 Å². The van der Waals surface area contributed by atoms with Gasteiger partial charge in [0.25, 0.3) is 0 Å². The maximum Gasteiger partial charge on any atom is 0.248 e. The maximum atomic E-state index is 12.6. The van der Waals surface area contributed by atoms with E-state index in [4.69, 9.17) is 9.47 Å². The van der Waals surface area contributed by atoms with E-state index in [9.17, 15) is 4.79 Å². The van der Waals surface area contributed by atoms with Crippen molar-refractivity contribution in [1.29, 1.82) is 0 Å². The number of likely N-dealkylation sites (N-methyl/N-ethyl adjacent to an activating group) is 1. The molecule has 0 radical (unpaired) electrons. The Hall–Kier alpha value is -3.60. The molecule has 0 spiro atoms. The van der Waals surface area contributed by atoms with Gasteiger partial charge in [0.05, 0.1) is 36.7 Å². The molecule has 5 heteroatoms. The molecule has 0 saturated heterocycles. The minimum atomic E-state index is -0.0891. The Morgan fingerprint density at radius 3 is 2.07 bits per heavy atom. The van der Waals surface area contributed by atoms with Crippen LogP contribution < -0.4 is 14.4 Å². The van der Waals surface area contributed by atoms with Gasteiger partial charge in [0.1, 0.15) is 18.0 Å². The number of amides is 1. The Kier molecular flexibility index (Phi) is 5.04. The van der Waals surface area contributed by atoms with Gasteiger partial charge in [-0.2, -0.15) is 0 Å². The van der Waals surface area contributed by atoms with Crippen molar-refractivity contribution < 1.29 is 14.3 Å². The first-order chi connectivity index (χ1) is 14.2. The topological polar surface area (TPSA) is 51.1 Å². The lowest BCUT2D eigenvalue weighted by Crippen LogP contribution is -2.28. The van der Waals surface area contributed by atoms with Crippen molar-refractivity contribution >= 4 is 17.3 Å². The van der Waals surface area contributed by atoms with E-state index >= 15 is 0 Å². The van der Waals surface area contributed by atoms with Crippen LogP contribution in [0.5, 0.6) is 11.5 Å². The second-order valence-corrected chi connectivity index (χ2v) is 6.73. The number of aliphatic imine (C=N–C) groups is 1. The molecule has 0 atom stereocenters. The number of carbonyl (C=O) groups is 1. The van der Waals surface area contributed by atoms with E-state index in [1.165, 1.54) is 0 Å². The van der Waals surface area contributed by atoms with Crippen LogP contribution in [0.2, 0.25) is 0 Å². The highest BCUT2D eigenvalue weighted by Crippen LogP contribution is 2.46. The molecule has 1 aliphatic rings. The lowest BCUT2D eigenvalue weighted by molar-refractivity contribution is -0.116. The molecule has 1 heterocycles. The van der Waals surface area contributed by atoms with E-state index in [1.807, 2.05) is 66.7 Å². The number of anilines is 1. The van der Waals surface area contributed by atoms with E-state index < -0.39 is 0 Å². The normalized spacial score (nSPS) is 13.4. The summed E-state index contributed by atoms with van der Waals surface area (Å²) in [5.41, 5.74) is 4.96. The monoisotopic (exact) mass is 386 g/mol. The summed E-state index contributed by atoms with van der Waals surface area (Å²) < 4.78 is 11.6. The minimum Gasteiger partial charge on any atom is -0.496 e. The first kappa shape index (κ1) is 18.7. The number of methoxy groups -OCH3 is 2. The zero-order chi connectivity index (χ0) is 20.4. The summed E-state index contributed by atoms with van der Waals surface area (Å²) in [6, 6.07) is 21.7. The molecular weight excluding hydrogens is 364 g/mol. The Labute approximate surface area is 170 Å². The van der Waals surface area contributed by atoms with Gasteiger partial charge in [-0.1, -0.05) is 60.7 Å². The molecule has 3 aromatic rings. The van der Waals surface area contributed by atoms with Crippen LogP contribution in [0.15, 0.2) is 71.7 Å². The zero-order valence-electron chi connectivity index (χ0n) is 16.7. The Balaban J connectivity index is 2.09. The highest BCUT2D eigenvalue weighted by atomic mass is 16.5. The zero-order valence-corrected chi connectivity index (χ0v) is 16.7. The molecule has 0 fully saturated rings. The maximum absolute atomic E-state index is 12.6.